The molecule has 0 saturated heterocycles. The fourth-order valence-corrected chi connectivity index (χ4v) is 6.43. The molecule has 1 atom stereocenters. The summed E-state index contributed by atoms with van der Waals surface area (Å²) in [6.45, 7) is 6.28. The molecule has 1 aromatic heterocycles. The van der Waals surface area contributed by atoms with Crippen LogP contribution < -0.4 is 15.8 Å². The van der Waals surface area contributed by atoms with E-state index < -0.39 is 19.3 Å². The van der Waals surface area contributed by atoms with E-state index in [2.05, 4.69) is 21.2 Å². The summed E-state index contributed by atoms with van der Waals surface area (Å²) in [6.07, 6.45) is 5.66. The molecule has 0 fully saturated rings. The molecule has 3 aromatic carbocycles. The van der Waals surface area contributed by atoms with E-state index in [-0.39, 0.29) is 18.8 Å². The Balaban J connectivity index is 1.56. The van der Waals surface area contributed by atoms with E-state index in [1.165, 1.54) is 0 Å². The maximum Gasteiger partial charge on any atom is 0.357 e. The number of hydrogen-bond donors (Lipinski definition) is 2. The van der Waals surface area contributed by atoms with Crippen LogP contribution in [0.15, 0.2) is 77.6 Å². The van der Waals surface area contributed by atoms with Crippen molar-refractivity contribution >= 4 is 30.1 Å². The largest absolute Gasteiger partial charge is 0.357 e. The summed E-state index contributed by atoms with van der Waals surface area (Å²) >= 11 is 0. The number of aryl methyl sites for hydroxylation is 1. The second-order valence-electron chi connectivity index (χ2n) is 9.27. The normalized spacial score (nSPS) is 12.0. The molecule has 1 amide bonds. The van der Waals surface area contributed by atoms with Gasteiger partial charge in [-0.3, -0.25) is 14.2 Å². The van der Waals surface area contributed by atoms with Gasteiger partial charge in [0.2, 0.25) is 0 Å². The van der Waals surface area contributed by atoms with Crippen LogP contribution in [0.25, 0.3) is 10.9 Å². The number of amides is 1. The Bertz CT molecular complexity index is 1640. The maximum atomic E-state index is 13.7. The molecule has 0 aliphatic rings. The molecule has 9 nitrogen and oxygen atoms in total. The molecule has 0 spiro atoms. The summed E-state index contributed by atoms with van der Waals surface area (Å²) in [5.41, 5.74) is 3.10. The molecule has 0 radical (unpaired) electrons. The van der Waals surface area contributed by atoms with Crippen LogP contribution in [0, 0.1) is 19.3 Å². The first-order valence-corrected chi connectivity index (χ1v) is 14.9. The van der Waals surface area contributed by atoms with E-state index in [9.17, 15) is 14.2 Å². The Labute approximate surface area is 239 Å². The van der Waals surface area contributed by atoms with Gasteiger partial charge in [0.1, 0.15) is 5.82 Å². The smallest absolute Gasteiger partial charge is 0.356 e. The van der Waals surface area contributed by atoms with Crippen molar-refractivity contribution in [1.29, 1.82) is 0 Å². The molecule has 41 heavy (non-hydrogen) atoms. The van der Waals surface area contributed by atoms with E-state index in [0.717, 1.165) is 11.3 Å². The predicted octanol–water partition coefficient (Wildman–Crippen LogP) is 5.57. The van der Waals surface area contributed by atoms with Crippen molar-refractivity contribution in [2.45, 2.75) is 33.1 Å². The van der Waals surface area contributed by atoms with Gasteiger partial charge >= 0.3 is 7.60 Å². The van der Waals surface area contributed by atoms with Gasteiger partial charge in [-0.05, 0) is 68.3 Å². The number of rotatable bonds is 12. The third-order valence-corrected chi connectivity index (χ3v) is 8.65. The highest BCUT2D eigenvalue weighted by atomic mass is 31.2. The minimum Gasteiger partial charge on any atom is -0.356 e. The summed E-state index contributed by atoms with van der Waals surface area (Å²) in [6, 6.07) is 21.5. The maximum absolute atomic E-state index is 13.7. The molecule has 0 saturated carbocycles. The Morgan fingerprint density at radius 2 is 1.76 bits per heavy atom. The minimum absolute atomic E-state index is 0.165. The highest BCUT2D eigenvalue weighted by Crippen LogP contribution is 2.59. The van der Waals surface area contributed by atoms with Crippen LogP contribution in [0.5, 0.6) is 0 Å². The van der Waals surface area contributed by atoms with E-state index in [1.54, 1.807) is 69.3 Å². The van der Waals surface area contributed by atoms with Gasteiger partial charge in [-0.1, -0.05) is 42.3 Å². The standard InChI is InChI=1S/C31H33N4O5P/c1-5-19-35(21-23-13-18-28-27(20-23)30(37)33-22(4)32-28)26-16-14-24(15-17-26)29(36)34-31(25-11-9-8-10-12-25)41(38,39-6-2)40-7-3/h1,8-18,20,31H,6-7,19,21H2,2-4H3,(H,34,36)(H,32,33,37). The first kappa shape index (κ1) is 29.8. The van der Waals surface area contributed by atoms with Crippen molar-refractivity contribution in [3.05, 3.63) is 106 Å². The topological polar surface area (TPSA) is 114 Å². The zero-order chi connectivity index (χ0) is 29.4. The first-order chi connectivity index (χ1) is 19.8. The van der Waals surface area contributed by atoms with Crippen LogP contribution in [0.4, 0.5) is 5.69 Å². The highest BCUT2D eigenvalue weighted by Gasteiger charge is 2.38. The van der Waals surface area contributed by atoms with E-state index in [0.29, 0.717) is 40.9 Å². The van der Waals surface area contributed by atoms with Gasteiger partial charge in [-0.2, -0.15) is 0 Å². The fraction of sp³-hybridized carbons (Fsp3) is 0.258. The molecular formula is C31H33N4O5P. The lowest BCUT2D eigenvalue weighted by Gasteiger charge is -2.27. The van der Waals surface area contributed by atoms with Gasteiger partial charge in [0.05, 0.1) is 30.7 Å². The van der Waals surface area contributed by atoms with Crippen molar-refractivity contribution in [2.75, 3.05) is 24.7 Å². The Morgan fingerprint density at radius 1 is 1.07 bits per heavy atom. The van der Waals surface area contributed by atoms with Gasteiger partial charge in [-0.15, -0.1) is 6.42 Å². The number of fused-ring (bicyclic) bond motifs is 1. The van der Waals surface area contributed by atoms with Crippen LogP contribution in [-0.2, 0) is 20.2 Å². The van der Waals surface area contributed by atoms with Crippen molar-refractivity contribution in [2.24, 2.45) is 0 Å². The predicted molar refractivity (Wildman–Crippen MR) is 161 cm³/mol. The molecule has 0 bridgehead atoms. The second kappa shape index (κ2) is 13.4. The number of terminal acetylenes is 1. The molecule has 1 unspecified atom stereocenters. The zero-order valence-electron chi connectivity index (χ0n) is 23.3. The minimum atomic E-state index is -3.71. The van der Waals surface area contributed by atoms with Crippen molar-refractivity contribution in [3.8, 4) is 12.3 Å². The number of carbonyl (C=O) groups excluding carboxylic acids is 1. The second-order valence-corrected chi connectivity index (χ2v) is 11.4. The van der Waals surface area contributed by atoms with E-state index >= 15 is 0 Å². The summed E-state index contributed by atoms with van der Waals surface area (Å²) in [5.74, 6) is 1.82. The first-order valence-electron chi connectivity index (χ1n) is 13.3. The van der Waals surface area contributed by atoms with E-state index in [1.807, 2.05) is 29.2 Å². The summed E-state index contributed by atoms with van der Waals surface area (Å²) in [4.78, 5) is 34.8. The number of benzene rings is 3. The number of carbonyl (C=O) groups is 1. The van der Waals surface area contributed by atoms with Gasteiger partial charge in [0, 0.05) is 17.8 Å². The summed E-state index contributed by atoms with van der Waals surface area (Å²) in [7, 11) is -3.71. The average Bonchev–Trinajstić information content (AvgIpc) is 2.96. The third-order valence-electron chi connectivity index (χ3n) is 6.36. The van der Waals surface area contributed by atoms with Gasteiger partial charge in [-0.25, -0.2) is 4.98 Å². The Kier molecular flexibility index (Phi) is 9.74. The SMILES string of the molecule is C#CCN(Cc1ccc2nc(C)[nH]c(=O)c2c1)c1ccc(C(=O)NC(c2ccccc2)P(=O)(OCC)OCC)cc1. The van der Waals surface area contributed by atoms with Gasteiger partial charge < -0.3 is 24.2 Å². The molecule has 0 aliphatic carbocycles. The Morgan fingerprint density at radius 3 is 2.39 bits per heavy atom. The molecule has 1 heterocycles. The monoisotopic (exact) mass is 572 g/mol. The van der Waals surface area contributed by atoms with E-state index in [4.69, 9.17) is 15.5 Å². The van der Waals surface area contributed by atoms with Gasteiger partial charge in [0.15, 0.2) is 5.78 Å². The summed E-state index contributed by atoms with van der Waals surface area (Å²) < 4.78 is 24.8. The zero-order valence-corrected chi connectivity index (χ0v) is 24.2. The number of hydrogen-bond acceptors (Lipinski definition) is 7. The van der Waals surface area contributed by atoms with Crippen LogP contribution in [0.1, 0.15) is 46.9 Å². The van der Waals surface area contributed by atoms with Crippen molar-refractivity contribution in [1.82, 2.24) is 15.3 Å². The molecule has 0 aliphatic heterocycles. The lowest BCUT2D eigenvalue weighted by Crippen LogP contribution is -2.30. The van der Waals surface area contributed by atoms with Crippen molar-refractivity contribution in [3.63, 3.8) is 0 Å². The number of nitrogens with zero attached hydrogens (tertiary/aromatic N) is 2. The quantitative estimate of drug-likeness (QED) is 0.169. The van der Waals surface area contributed by atoms with Crippen LogP contribution in [0.3, 0.4) is 0 Å². The molecule has 4 aromatic rings. The average molecular weight is 573 g/mol. The third kappa shape index (κ3) is 7.11. The van der Waals surface area contributed by atoms with Crippen LogP contribution >= 0.6 is 7.60 Å². The molecule has 2 N–H and O–H groups in total. The molecular weight excluding hydrogens is 539 g/mol. The highest BCUT2D eigenvalue weighted by molar-refractivity contribution is 7.54. The van der Waals surface area contributed by atoms with Crippen LogP contribution in [0.2, 0.25) is 0 Å². The number of nitrogens with one attached hydrogen (secondary N) is 2. The fourth-order valence-electron chi connectivity index (χ4n) is 4.53. The summed E-state index contributed by atoms with van der Waals surface area (Å²) in [5, 5.41) is 3.37. The number of aromatic nitrogens is 2. The lowest BCUT2D eigenvalue weighted by atomic mass is 10.1. The Hall–Kier alpha value is -4.22. The molecule has 212 valence electrons. The number of aromatic amines is 1. The molecule has 4 rings (SSSR count). The number of anilines is 1. The van der Waals surface area contributed by atoms with Crippen molar-refractivity contribution < 1.29 is 18.4 Å². The van der Waals surface area contributed by atoms with Gasteiger partial charge in [0.25, 0.3) is 11.5 Å². The van der Waals surface area contributed by atoms with Crippen LogP contribution in [-0.4, -0.2) is 35.6 Å². The molecule has 10 heteroatoms. The lowest BCUT2D eigenvalue weighted by molar-refractivity contribution is 0.0937. The number of H-pyrrole nitrogens is 1.